The average molecular weight is 507 g/mol. The fourth-order valence-corrected chi connectivity index (χ4v) is 4.87. The number of hydrogen-bond donors (Lipinski definition) is 4. The summed E-state index contributed by atoms with van der Waals surface area (Å²) in [4.78, 5) is 33.5. The third kappa shape index (κ3) is 6.02. The fourth-order valence-electron chi connectivity index (χ4n) is 3.07. The number of carbonyl (C=O) groups is 2. The maximum atomic E-state index is 12.4. The number of urea groups is 1. The van der Waals surface area contributed by atoms with Gasteiger partial charge in [0, 0.05) is 29.8 Å². The molecule has 4 rings (SSSR count). The summed E-state index contributed by atoms with van der Waals surface area (Å²) in [5, 5.41) is 10.9. The number of nitrogens with zero attached hydrogens (tertiary/aromatic N) is 2. The minimum atomic E-state index is -0.373. The lowest BCUT2D eigenvalue weighted by Crippen LogP contribution is -2.24. The first-order valence-electron chi connectivity index (χ1n) is 10.4. The van der Waals surface area contributed by atoms with Crippen LogP contribution in [0.4, 0.5) is 21.4 Å². The van der Waals surface area contributed by atoms with Crippen LogP contribution in [0.2, 0.25) is 0 Å². The molecule has 0 fully saturated rings. The average Bonchev–Trinajstić information content (AvgIpc) is 3.49. The number of nitrogen functional groups attached to an aromatic ring is 1. The SMILES string of the molecule is CNC(=O)Nc1nc(N)c(-c2nc(-c3cccc(NC(=O)/C=C/c4cccc(OC)c4)c3)cs2)s1. The first kappa shape index (κ1) is 23.9. The molecular weight excluding hydrogens is 484 g/mol. The van der Waals surface area contributed by atoms with Crippen LogP contribution in [0.15, 0.2) is 60.0 Å². The quantitative estimate of drug-likeness (QED) is 0.263. The third-order valence-corrected chi connectivity index (χ3v) is 6.73. The summed E-state index contributed by atoms with van der Waals surface area (Å²) in [5.74, 6) is 0.769. The van der Waals surface area contributed by atoms with Crippen LogP contribution < -0.4 is 26.4 Å². The molecule has 0 aliphatic rings. The number of ether oxygens (including phenoxy) is 1. The standard InChI is InChI=1S/C24H22N6O3S2/c1-26-23(32)30-24-29-21(25)20(35-24)22-28-18(13-34-22)15-6-4-7-16(12-15)27-19(31)10-9-14-5-3-8-17(11-14)33-2/h3-13H,25H2,1-2H3,(H,27,31)(H2,26,29,30,32)/b10-9+. The van der Waals surface area contributed by atoms with Gasteiger partial charge in [-0.3, -0.25) is 10.1 Å². The van der Waals surface area contributed by atoms with Crippen LogP contribution in [0.3, 0.4) is 0 Å². The molecule has 0 saturated heterocycles. The second-order valence-corrected chi connectivity index (χ2v) is 9.01. The van der Waals surface area contributed by atoms with E-state index in [1.165, 1.54) is 35.8 Å². The maximum absolute atomic E-state index is 12.4. The highest BCUT2D eigenvalue weighted by atomic mass is 32.1. The van der Waals surface area contributed by atoms with Crippen molar-refractivity contribution in [2.75, 3.05) is 30.5 Å². The predicted octanol–water partition coefficient (Wildman–Crippen LogP) is 4.93. The Morgan fingerprint density at radius 2 is 1.91 bits per heavy atom. The Balaban J connectivity index is 1.46. The molecule has 0 aliphatic carbocycles. The van der Waals surface area contributed by atoms with Gasteiger partial charge in [-0.2, -0.15) is 0 Å². The summed E-state index contributed by atoms with van der Waals surface area (Å²) in [7, 11) is 3.12. The van der Waals surface area contributed by atoms with E-state index >= 15 is 0 Å². The van der Waals surface area contributed by atoms with E-state index in [-0.39, 0.29) is 11.9 Å². The minimum absolute atomic E-state index is 0.252. The van der Waals surface area contributed by atoms with E-state index in [0.29, 0.717) is 26.5 Å². The van der Waals surface area contributed by atoms with Gasteiger partial charge in [0.1, 0.15) is 21.5 Å². The Bertz CT molecular complexity index is 1400. The molecule has 2 aromatic carbocycles. The van der Waals surface area contributed by atoms with Crippen LogP contribution >= 0.6 is 22.7 Å². The van der Waals surface area contributed by atoms with E-state index in [9.17, 15) is 9.59 Å². The number of rotatable bonds is 7. The lowest BCUT2D eigenvalue weighted by molar-refractivity contribution is -0.111. The van der Waals surface area contributed by atoms with Crippen molar-refractivity contribution < 1.29 is 14.3 Å². The first-order valence-corrected chi connectivity index (χ1v) is 12.1. The van der Waals surface area contributed by atoms with Crippen LogP contribution in [0.25, 0.3) is 27.2 Å². The van der Waals surface area contributed by atoms with Crippen molar-refractivity contribution in [3.63, 3.8) is 0 Å². The summed E-state index contributed by atoms with van der Waals surface area (Å²) in [6.45, 7) is 0. The van der Waals surface area contributed by atoms with Gasteiger partial charge in [0.05, 0.1) is 12.8 Å². The summed E-state index contributed by atoms with van der Waals surface area (Å²) in [6, 6.07) is 14.5. The molecule has 0 aliphatic heterocycles. The van der Waals surface area contributed by atoms with Crippen molar-refractivity contribution in [2.24, 2.45) is 0 Å². The molecule has 5 N–H and O–H groups in total. The molecule has 0 saturated carbocycles. The van der Waals surface area contributed by atoms with E-state index in [4.69, 9.17) is 10.5 Å². The molecule has 178 valence electrons. The van der Waals surface area contributed by atoms with Gasteiger partial charge in [0.2, 0.25) is 5.91 Å². The number of aromatic nitrogens is 2. The van der Waals surface area contributed by atoms with Gasteiger partial charge in [-0.05, 0) is 35.9 Å². The molecule has 35 heavy (non-hydrogen) atoms. The summed E-state index contributed by atoms with van der Waals surface area (Å²) in [5.41, 5.74) is 9.12. The Morgan fingerprint density at radius 1 is 1.09 bits per heavy atom. The van der Waals surface area contributed by atoms with Gasteiger partial charge in [-0.1, -0.05) is 35.6 Å². The first-order chi connectivity index (χ1) is 16.9. The van der Waals surface area contributed by atoms with Gasteiger partial charge >= 0.3 is 6.03 Å². The van der Waals surface area contributed by atoms with E-state index in [1.807, 2.05) is 53.9 Å². The van der Waals surface area contributed by atoms with Gasteiger partial charge < -0.3 is 21.1 Å². The van der Waals surface area contributed by atoms with E-state index in [0.717, 1.165) is 22.6 Å². The number of anilines is 3. The molecule has 9 nitrogen and oxygen atoms in total. The third-order valence-electron chi connectivity index (χ3n) is 4.75. The van der Waals surface area contributed by atoms with Crippen LogP contribution in [0.1, 0.15) is 5.56 Å². The van der Waals surface area contributed by atoms with E-state index in [1.54, 1.807) is 13.2 Å². The number of thiazole rings is 2. The molecule has 11 heteroatoms. The van der Waals surface area contributed by atoms with E-state index in [2.05, 4.69) is 25.9 Å². The number of hydrogen-bond acceptors (Lipinski definition) is 8. The van der Waals surface area contributed by atoms with Crippen molar-refractivity contribution >= 4 is 57.3 Å². The van der Waals surface area contributed by atoms with E-state index < -0.39 is 0 Å². The van der Waals surface area contributed by atoms with Crippen molar-refractivity contribution in [3.05, 3.63) is 65.6 Å². The molecule has 0 spiro atoms. The Morgan fingerprint density at radius 3 is 2.71 bits per heavy atom. The highest BCUT2D eigenvalue weighted by Crippen LogP contribution is 2.38. The second-order valence-electron chi connectivity index (χ2n) is 7.16. The maximum Gasteiger partial charge on any atom is 0.320 e. The number of nitrogens with one attached hydrogen (secondary N) is 3. The largest absolute Gasteiger partial charge is 0.497 e. The molecular formula is C24H22N6O3S2. The lowest BCUT2D eigenvalue weighted by atomic mass is 10.1. The zero-order chi connectivity index (χ0) is 24.8. The topological polar surface area (TPSA) is 131 Å². The summed E-state index contributed by atoms with van der Waals surface area (Å²) in [6.07, 6.45) is 3.19. The summed E-state index contributed by atoms with van der Waals surface area (Å²) >= 11 is 2.67. The van der Waals surface area contributed by atoms with Crippen LogP contribution in [-0.2, 0) is 4.79 Å². The number of carbonyl (C=O) groups excluding carboxylic acids is 2. The van der Waals surface area contributed by atoms with Crippen molar-refractivity contribution in [3.8, 4) is 26.9 Å². The molecule has 0 radical (unpaired) electrons. The van der Waals surface area contributed by atoms with Gasteiger partial charge in [-0.25, -0.2) is 14.8 Å². The number of nitrogens with two attached hydrogens (primary N) is 1. The van der Waals surface area contributed by atoms with Crippen molar-refractivity contribution in [1.82, 2.24) is 15.3 Å². The smallest absolute Gasteiger partial charge is 0.320 e. The van der Waals surface area contributed by atoms with Gasteiger partial charge in [0.25, 0.3) is 0 Å². The molecule has 4 aromatic rings. The van der Waals surface area contributed by atoms with Crippen LogP contribution in [-0.4, -0.2) is 36.1 Å². The summed E-state index contributed by atoms with van der Waals surface area (Å²) < 4.78 is 5.20. The predicted molar refractivity (Wildman–Crippen MR) is 142 cm³/mol. The van der Waals surface area contributed by atoms with Crippen molar-refractivity contribution in [1.29, 1.82) is 0 Å². The normalized spacial score (nSPS) is 10.8. The molecule has 0 atom stereocenters. The second kappa shape index (κ2) is 10.8. The highest BCUT2D eigenvalue weighted by Gasteiger charge is 2.16. The zero-order valence-corrected chi connectivity index (χ0v) is 20.5. The molecule has 2 heterocycles. The Labute approximate surface area is 209 Å². The fraction of sp³-hybridized carbons (Fsp3) is 0.0833. The number of benzene rings is 2. The molecule has 0 unspecified atom stereocenters. The van der Waals surface area contributed by atoms with Gasteiger partial charge in [0.15, 0.2) is 5.13 Å². The highest BCUT2D eigenvalue weighted by molar-refractivity contribution is 7.23. The van der Waals surface area contributed by atoms with Gasteiger partial charge in [-0.15, -0.1) is 11.3 Å². The number of amides is 3. The minimum Gasteiger partial charge on any atom is -0.497 e. The monoisotopic (exact) mass is 506 g/mol. The van der Waals surface area contributed by atoms with Crippen molar-refractivity contribution in [2.45, 2.75) is 0 Å². The number of methoxy groups -OCH3 is 1. The van der Waals surface area contributed by atoms with Crippen LogP contribution in [0, 0.1) is 0 Å². The molecule has 3 amide bonds. The Hall–Kier alpha value is -4.22. The lowest BCUT2D eigenvalue weighted by Gasteiger charge is -2.04. The molecule has 2 aromatic heterocycles. The Kier molecular flexibility index (Phi) is 7.38. The zero-order valence-electron chi connectivity index (χ0n) is 18.9. The molecule has 0 bridgehead atoms. The van der Waals surface area contributed by atoms with Crippen LogP contribution in [0.5, 0.6) is 5.75 Å².